The van der Waals surface area contributed by atoms with Gasteiger partial charge in [-0.15, -0.1) is 0 Å². The molecule has 0 aromatic rings. The molecule has 0 spiro atoms. The minimum atomic E-state index is -1.32. The van der Waals surface area contributed by atoms with Gasteiger partial charge in [-0.2, -0.15) is 0 Å². The summed E-state index contributed by atoms with van der Waals surface area (Å²) in [6.07, 6.45) is 1.54. The van der Waals surface area contributed by atoms with Gasteiger partial charge in [0.1, 0.15) is 0 Å². The summed E-state index contributed by atoms with van der Waals surface area (Å²) in [7, 11) is -1.03. The van der Waals surface area contributed by atoms with Crippen LogP contribution in [0, 0.1) is 0 Å². The molecule has 0 aliphatic carbocycles. The van der Waals surface area contributed by atoms with Gasteiger partial charge in [0.15, 0.2) is 6.04 Å². The highest BCUT2D eigenvalue weighted by Gasteiger charge is 2.23. The van der Waals surface area contributed by atoms with Crippen molar-refractivity contribution in [3.05, 3.63) is 0 Å². The molecule has 0 rings (SSSR count). The lowest BCUT2D eigenvalue weighted by atomic mass is 10.3. The van der Waals surface area contributed by atoms with Crippen molar-refractivity contribution in [1.82, 2.24) is 5.32 Å². The molecular formula is C9H18N2O4S. The van der Waals surface area contributed by atoms with Crippen molar-refractivity contribution in [3.63, 3.8) is 0 Å². The van der Waals surface area contributed by atoms with Gasteiger partial charge in [0.25, 0.3) is 0 Å². The average Bonchev–Trinajstić information content (AvgIpc) is 2.24. The van der Waals surface area contributed by atoms with Gasteiger partial charge >= 0.3 is 5.97 Å². The Hall–Kier alpha value is -0.950. The molecule has 0 heterocycles. The Morgan fingerprint density at radius 2 is 2.06 bits per heavy atom. The zero-order valence-electron chi connectivity index (χ0n) is 9.69. The molecule has 0 aromatic carbocycles. The zero-order chi connectivity index (χ0) is 12.7. The van der Waals surface area contributed by atoms with E-state index in [2.05, 4.69) is 10.1 Å². The molecule has 0 saturated carbocycles. The van der Waals surface area contributed by atoms with Crippen LogP contribution in [0.2, 0.25) is 0 Å². The van der Waals surface area contributed by atoms with Crippen molar-refractivity contribution in [1.29, 1.82) is 0 Å². The number of amides is 1. The van der Waals surface area contributed by atoms with Gasteiger partial charge in [-0.25, -0.2) is 4.79 Å². The third-order valence-electron chi connectivity index (χ3n) is 1.95. The van der Waals surface area contributed by atoms with Crippen LogP contribution in [0.5, 0.6) is 0 Å². The summed E-state index contributed by atoms with van der Waals surface area (Å²) < 4.78 is 15.6. The van der Waals surface area contributed by atoms with Crippen molar-refractivity contribution >= 4 is 22.7 Å². The lowest BCUT2D eigenvalue weighted by Gasteiger charge is -2.13. The molecule has 16 heavy (non-hydrogen) atoms. The molecule has 3 N–H and O–H groups in total. The van der Waals surface area contributed by atoms with Gasteiger partial charge < -0.3 is 15.8 Å². The molecule has 94 valence electrons. The lowest BCUT2D eigenvalue weighted by molar-refractivity contribution is -0.147. The smallest absolute Gasteiger partial charge is 0.332 e. The second-order valence-electron chi connectivity index (χ2n) is 3.28. The van der Waals surface area contributed by atoms with E-state index >= 15 is 0 Å². The summed E-state index contributed by atoms with van der Waals surface area (Å²) in [5.41, 5.74) is 5.35. The Morgan fingerprint density at radius 1 is 1.50 bits per heavy atom. The normalized spacial score (nSPS) is 16.0. The van der Waals surface area contributed by atoms with Gasteiger partial charge in [0, 0.05) is 28.9 Å². The molecular weight excluding hydrogens is 232 g/mol. The maximum Gasteiger partial charge on any atom is 0.332 e. The average molecular weight is 250 g/mol. The predicted octanol–water partition coefficient (Wildman–Crippen LogP) is -1.24. The van der Waals surface area contributed by atoms with E-state index in [0.717, 1.165) is 0 Å². The van der Waals surface area contributed by atoms with Crippen LogP contribution in [0.4, 0.5) is 0 Å². The highest BCUT2D eigenvalue weighted by molar-refractivity contribution is 7.84. The fraction of sp³-hybridized carbons (Fsp3) is 0.778. The van der Waals surface area contributed by atoms with E-state index < -0.39 is 28.7 Å². The van der Waals surface area contributed by atoms with Crippen LogP contribution in [-0.2, 0) is 25.1 Å². The van der Waals surface area contributed by atoms with Gasteiger partial charge in [0.2, 0.25) is 5.91 Å². The molecule has 6 nitrogen and oxygen atoms in total. The molecule has 3 unspecified atom stereocenters. The zero-order valence-corrected chi connectivity index (χ0v) is 10.5. The van der Waals surface area contributed by atoms with E-state index in [1.165, 1.54) is 0 Å². The third kappa shape index (κ3) is 5.22. The van der Waals surface area contributed by atoms with Crippen LogP contribution in [-0.4, -0.2) is 46.8 Å². The molecule has 0 aromatic heterocycles. The summed E-state index contributed by atoms with van der Waals surface area (Å²) in [6, 6.07) is -1.32. The number of carbonyl (C=O) groups is 2. The van der Waals surface area contributed by atoms with Crippen molar-refractivity contribution in [2.24, 2.45) is 5.73 Å². The number of hydrogen-bond donors (Lipinski definition) is 2. The number of hydrogen-bond acceptors (Lipinski definition) is 5. The first-order valence-corrected chi connectivity index (χ1v) is 6.54. The van der Waals surface area contributed by atoms with Gasteiger partial charge in [-0.05, 0) is 13.8 Å². The number of carbonyl (C=O) groups excluding carboxylic acids is 2. The molecule has 0 bridgehead atoms. The number of nitrogens with one attached hydrogen (secondary N) is 1. The molecule has 0 aliphatic heterocycles. The molecule has 7 heteroatoms. The van der Waals surface area contributed by atoms with Gasteiger partial charge in [-0.3, -0.25) is 9.00 Å². The first kappa shape index (κ1) is 15.0. The third-order valence-corrected chi connectivity index (χ3v) is 3.25. The van der Waals surface area contributed by atoms with E-state index in [1.807, 2.05) is 0 Å². The van der Waals surface area contributed by atoms with Gasteiger partial charge in [-0.1, -0.05) is 0 Å². The van der Waals surface area contributed by atoms with Crippen molar-refractivity contribution < 1.29 is 18.5 Å². The Labute approximate surface area is 97.4 Å². The lowest BCUT2D eigenvalue weighted by Crippen LogP contribution is -2.48. The fourth-order valence-corrected chi connectivity index (χ4v) is 1.13. The van der Waals surface area contributed by atoms with Crippen LogP contribution in [0.1, 0.15) is 13.8 Å². The maximum absolute atomic E-state index is 11.4. The van der Waals surface area contributed by atoms with Crippen molar-refractivity contribution in [3.8, 4) is 0 Å². The van der Waals surface area contributed by atoms with E-state index in [9.17, 15) is 13.8 Å². The molecule has 3 atom stereocenters. The van der Waals surface area contributed by atoms with E-state index in [-0.39, 0.29) is 18.4 Å². The second-order valence-corrected chi connectivity index (χ2v) is 5.09. The quantitative estimate of drug-likeness (QED) is 0.454. The number of ether oxygens (including phenoxy) is 1. The first-order chi connectivity index (χ1) is 7.40. The molecule has 0 saturated heterocycles. The highest BCUT2D eigenvalue weighted by Crippen LogP contribution is 1.91. The van der Waals surface area contributed by atoms with Crippen LogP contribution in [0.15, 0.2) is 0 Å². The topological polar surface area (TPSA) is 98.5 Å². The molecule has 1 amide bonds. The predicted molar refractivity (Wildman–Crippen MR) is 61.1 cm³/mol. The first-order valence-electron chi connectivity index (χ1n) is 4.92. The Balaban J connectivity index is 4.06. The Morgan fingerprint density at radius 3 is 2.50 bits per heavy atom. The highest BCUT2D eigenvalue weighted by atomic mass is 32.2. The monoisotopic (exact) mass is 250 g/mol. The minimum Gasteiger partial charge on any atom is -0.464 e. The van der Waals surface area contributed by atoms with Crippen molar-refractivity contribution in [2.75, 3.05) is 19.4 Å². The van der Waals surface area contributed by atoms with Gasteiger partial charge in [0.05, 0.1) is 6.61 Å². The second kappa shape index (κ2) is 7.34. The summed E-state index contributed by atoms with van der Waals surface area (Å²) >= 11 is 0. The van der Waals surface area contributed by atoms with Crippen LogP contribution < -0.4 is 11.1 Å². The largest absolute Gasteiger partial charge is 0.464 e. The van der Waals surface area contributed by atoms with Crippen LogP contribution in [0.3, 0.4) is 0 Å². The summed E-state index contributed by atoms with van der Waals surface area (Å²) in [5, 5.41) is 2.26. The fourth-order valence-electron chi connectivity index (χ4n) is 0.811. The standard InChI is InChI=1S/C9H18N2O4S/c1-4-15-9(13)7(10)8(12)11-5-6(2)16(3)14/h6-7H,4-5,10H2,1-3H3,(H,11,12). The van der Waals surface area contributed by atoms with E-state index in [0.29, 0.717) is 0 Å². The number of esters is 1. The summed E-state index contributed by atoms with van der Waals surface area (Å²) in [4.78, 5) is 22.4. The van der Waals surface area contributed by atoms with Crippen LogP contribution in [0.25, 0.3) is 0 Å². The van der Waals surface area contributed by atoms with E-state index in [4.69, 9.17) is 5.73 Å². The molecule has 0 radical (unpaired) electrons. The Bertz CT molecular complexity index is 283. The number of nitrogens with two attached hydrogens (primary N) is 1. The maximum atomic E-state index is 11.4. The number of rotatable bonds is 6. The Kier molecular flexibility index (Phi) is 6.91. The summed E-state index contributed by atoms with van der Waals surface area (Å²) in [6.45, 7) is 3.75. The summed E-state index contributed by atoms with van der Waals surface area (Å²) in [5.74, 6) is -1.37. The minimum absolute atomic E-state index is 0.176. The van der Waals surface area contributed by atoms with Crippen molar-refractivity contribution in [2.45, 2.75) is 25.1 Å². The van der Waals surface area contributed by atoms with E-state index in [1.54, 1.807) is 20.1 Å². The van der Waals surface area contributed by atoms with Crippen LogP contribution >= 0.6 is 0 Å². The SMILES string of the molecule is CCOC(=O)C(N)C(=O)NCC(C)S(C)=O. The molecule has 0 fully saturated rings. The molecule has 0 aliphatic rings.